The number of hydrogen-bond acceptors (Lipinski definition) is 3. The molecule has 0 aromatic heterocycles. The highest BCUT2D eigenvalue weighted by Crippen LogP contribution is 2.12. The second-order valence-corrected chi connectivity index (χ2v) is 4.03. The Hall–Kier alpha value is -1.81. The van der Waals surface area contributed by atoms with Gasteiger partial charge in [-0.15, -0.1) is 6.58 Å². The highest BCUT2D eigenvalue weighted by molar-refractivity contribution is 5.84. The van der Waals surface area contributed by atoms with Gasteiger partial charge in [0.15, 0.2) is 0 Å². The van der Waals surface area contributed by atoms with Crippen molar-refractivity contribution in [3.63, 3.8) is 0 Å². The number of anilines is 1. The average Bonchev–Trinajstić information content (AvgIpc) is 2.36. The third kappa shape index (κ3) is 4.59. The first-order chi connectivity index (χ1) is 8.67. The third-order valence-electron chi connectivity index (χ3n) is 2.44. The van der Waals surface area contributed by atoms with Gasteiger partial charge in [0.05, 0.1) is 6.61 Å². The molecule has 1 amide bonds. The molecule has 2 N–H and O–H groups in total. The molecule has 1 atom stereocenters. The lowest BCUT2D eigenvalue weighted by Crippen LogP contribution is -2.37. The number of carbonyl (C=O) groups excluding carboxylic acids is 1. The first-order valence-corrected chi connectivity index (χ1v) is 5.90. The molecule has 0 spiro atoms. The molecule has 0 aliphatic heterocycles. The maximum Gasteiger partial charge on any atom is 0.242 e. The predicted octanol–water partition coefficient (Wildman–Crippen LogP) is 1.94. The van der Waals surface area contributed by atoms with Crippen LogP contribution in [0.15, 0.2) is 36.9 Å². The predicted molar refractivity (Wildman–Crippen MR) is 73.4 cm³/mol. The van der Waals surface area contributed by atoms with Gasteiger partial charge in [-0.1, -0.05) is 18.2 Å². The van der Waals surface area contributed by atoms with Crippen molar-refractivity contribution in [3.05, 3.63) is 42.5 Å². The van der Waals surface area contributed by atoms with E-state index < -0.39 is 0 Å². The van der Waals surface area contributed by atoms with E-state index in [0.29, 0.717) is 13.2 Å². The highest BCUT2D eigenvalue weighted by Gasteiger charge is 2.11. The third-order valence-corrected chi connectivity index (χ3v) is 2.44. The lowest BCUT2D eigenvalue weighted by atomic mass is 10.2. The Morgan fingerprint density at radius 3 is 3.00 bits per heavy atom. The summed E-state index contributed by atoms with van der Waals surface area (Å²) in [5.74, 6) is -0.0490. The van der Waals surface area contributed by atoms with E-state index in [9.17, 15) is 4.79 Å². The SMILES string of the molecule is C=CCNC(=O)C(C)Nc1cccc(COC)c1. The Morgan fingerprint density at radius 1 is 1.56 bits per heavy atom. The summed E-state index contributed by atoms with van der Waals surface area (Å²) in [5.41, 5.74) is 1.98. The van der Waals surface area contributed by atoms with Crippen molar-refractivity contribution in [1.29, 1.82) is 0 Å². The van der Waals surface area contributed by atoms with Crippen molar-refractivity contribution < 1.29 is 9.53 Å². The molecule has 1 aromatic rings. The molecule has 0 aliphatic carbocycles. The Labute approximate surface area is 108 Å². The van der Waals surface area contributed by atoms with E-state index in [2.05, 4.69) is 17.2 Å². The number of amides is 1. The smallest absolute Gasteiger partial charge is 0.242 e. The summed E-state index contributed by atoms with van der Waals surface area (Å²) in [6.45, 7) is 6.42. The van der Waals surface area contributed by atoms with Gasteiger partial charge in [-0.3, -0.25) is 4.79 Å². The van der Waals surface area contributed by atoms with Gasteiger partial charge in [-0.25, -0.2) is 0 Å². The summed E-state index contributed by atoms with van der Waals surface area (Å²) in [6, 6.07) is 7.53. The Bertz CT molecular complexity index is 405. The van der Waals surface area contributed by atoms with Crippen LogP contribution < -0.4 is 10.6 Å². The van der Waals surface area contributed by atoms with Crippen molar-refractivity contribution >= 4 is 11.6 Å². The van der Waals surface area contributed by atoms with E-state index in [1.54, 1.807) is 13.2 Å². The minimum Gasteiger partial charge on any atom is -0.380 e. The van der Waals surface area contributed by atoms with Gasteiger partial charge in [0.2, 0.25) is 5.91 Å². The van der Waals surface area contributed by atoms with E-state index in [4.69, 9.17) is 4.74 Å². The van der Waals surface area contributed by atoms with Crippen LogP contribution in [0.25, 0.3) is 0 Å². The first kappa shape index (κ1) is 14.3. The number of methoxy groups -OCH3 is 1. The summed E-state index contributed by atoms with van der Waals surface area (Å²) in [5, 5.41) is 5.90. The van der Waals surface area contributed by atoms with E-state index >= 15 is 0 Å². The van der Waals surface area contributed by atoms with Gasteiger partial charge in [0.1, 0.15) is 6.04 Å². The molecule has 0 radical (unpaired) electrons. The molecule has 0 fully saturated rings. The minimum absolute atomic E-state index is 0.0490. The van der Waals surface area contributed by atoms with Crippen LogP contribution in [-0.4, -0.2) is 25.6 Å². The quantitative estimate of drug-likeness (QED) is 0.725. The van der Waals surface area contributed by atoms with Crippen LogP contribution in [0.1, 0.15) is 12.5 Å². The molecule has 4 nitrogen and oxygen atoms in total. The van der Waals surface area contributed by atoms with Crippen LogP contribution in [0, 0.1) is 0 Å². The largest absolute Gasteiger partial charge is 0.380 e. The Kier molecular flexibility index (Phi) is 5.94. The van der Waals surface area contributed by atoms with E-state index in [0.717, 1.165) is 11.3 Å². The van der Waals surface area contributed by atoms with Gasteiger partial charge in [0, 0.05) is 19.3 Å². The lowest BCUT2D eigenvalue weighted by molar-refractivity contribution is -0.121. The molecule has 1 unspecified atom stereocenters. The lowest BCUT2D eigenvalue weighted by Gasteiger charge is -2.15. The molecule has 98 valence electrons. The van der Waals surface area contributed by atoms with Crippen molar-refractivity contribution in [1.82, 2.24) is 5.32 Å². The van der Waals surface area contributed by atoms with Crippen LogP contribution in [0.2, 0.25) is 0 Å². The molecule has 0 saturated carbocycles. The first-order valence-electron chi connectivity index (χ1n) is 5.90. The van der Waals surface area contributed by atoms with E-state index in [1.165, 1.54) is 0 Å². The van der Waals surface area contributed by atoms with Crippen molar-refractivity contribution in [3.8, 4) is 0 Å². The van der Waals surface area contributed by atoms with Gasteiger partial charge in [-0.2, -0.15) is 0 Å². The number of nitrogens with one attached hydrogen (secondary N) is 2. The molecule has 0 saturated heterocycles. The van der Waals surface area contributed by atoms with Crippen LogP contribution in [0.3, 0.4) is 0 Å². The maximum absolute atomic E-state index is 11.7. The van der Waals surface area contributed by atoms with Gasteiger partial charge >= 0.3 is 0 Å². The van der Waals surface area contributed by atoms with Crippen LogP contribution in [0.5, 0.6) is 0 Å². The molecule has 18 heavy (non-hydrogen) atoms. The molecule has 4 heteroatoms. The monoisotopic (exact) mass is 248 g/mol. The number of benzene rings is 1. The molecular formula is C14H20N2O2. The standard InChI is InChI=1S/C14H20N2O2/c1-4-8-15-14(17)11(2)16-13-7-5-6-12(9-13)10-18-3/h4-7,9,11,16H,1,8,10H2,2-3H3,(H,15,17). The van der Waals surface area contributed by atoms with Crippen LogP contribution in [-0.2, 0) is 16.1 Å². The summed E-state index contributed by atoms with van der Waals surface area (Å²) in [4.78, 5) is 11.7. The Morgan fingerprint density at radius 2 is 2.33 bits per heavy atom. The highest BCUT2D eigenvalue weighted by atomic mass is 16.5. The fraction of sp³-hybridized carbons (Fsp3) is 0.357. The normalized spacial score (nSPS) is 11.7. The van der Waals surface area contributed by atoms with Crippen molar-refractivity contribution in [2.24, 2.45) is 0 Å². The number of rotatable bonds is 7. The zero-order chi connectivity index (χ0) is 13.4. The van der Waals surface area contributed by atoms with E-state index in [1.807, 2.05) is 31.2 Å². The number of ether oxygens (including phenoxy) is 1. The minimum atomic E-state index is -0.289. The summed E-state index contributed by atoms with van der Waals surface area (Å²) in [7, 11) is 1.66. The fourth-order valence-corrected chi connectivity index (χ4v) is 1.56. The Balaban J connectivity index is 2.57. The molecule has 0 bridgehead atoms. The van der Waals surface area contributed by atoms with Crippen LogP contribution >= 0.6 is 0 Å². The average molecular weight is 248 g/mol. The zero-order valence-electron chi connectivity index (χ0n) is 10.9. The number of hydrogen-bond donors (Lipinski definition) is 2. The van der Waals surface area contributed by atoms with Crippen LogP contribution in [0.4, 0.5) is 5.69 Å². The molecule has 0 aliphatic rings. The van der Waals surface area contributed by atoms with E-state index in [-0.39, 0.29) is 11.9 Å². The summed E-state index contributed by atoms with van der Waals surface area (Å²) in [6.07, 6.45) is 1.66. The molecule has 1 rings (SSSR count). The number of carbonyl (C=O) groups is 1. The van der Waals surface area contributed by atoms with Crippen molar-refractivity contribution in [2.75, 3.05) is 19.0 Å². The van der Waals surface area contributed by atoms with Crippen molar-refractivity contribution in [2.45, 2.75) is 19.6 Å². The fourth-order valence-electron chi connectivity index (χ4n) is 1.56. The van der Waals surface area contributed by atoms with Gasteiger partial charge in [0.25, 0.3) is 0 Å². The second kappa shape index (κ2) is 7.50. The molecule has 1 aromatic carbocycles. The second-order valence-electron chi connectivity index (χ2n) is 4.03. The van der Waals surface area contributed by atoms with Gasteiger partial charge < -0.3 is 15.4 Å². The summed E-state index contributed by atoms with van der Waals surface area (Å²) >= 11 is 0. The topological polar surface area (TPSA) is 50.4 Å². The zero-order valence-corrected chi connectivity index (χ0v) is 10.9. The molecular weight excluding hydrogens is 228 g/mol. The maximum atomic E-state index is 11.7. The van der Waals surface area contributed by atoms with Gasteiger partial charge in [-0.05, 0) is 24.6 Å². The molecule has 0 heterocycles. The summed E-state index contributed by atoms with van der Waals surface area (Å²) < 4.78 is 5.07.